The van der Waals surface area contributed by atoms with Crippen molar-refractivity contribution in [1.29, 1.82) is 0 Å². The Morgan fingerprint density at radius 3 is 2.62 bits per heavy atom. The van der Waals surface area contributed by atoms with E-state index in [2.05, 4.69) is 10.3 Å². The first-order valence-electron chi connectivity index (χ1n) is 9.27. The summed E-state index contributed by atoms with van der Waals surface area (Å²) in [6, 6.07) is 14.0. The molecule has 1 N–H and O–H groups in total. The highest BCUT2D eigenvalue weighted by Crippen LogP contribution is 2.37. The number of amides is 1. The average Bonchev–Trinajstić information content (AvgIpc) is 2.70. The van der Waals surface area contributed by atoms with Crippen molar-refractivity contribution in [1.82, 2.24) is 9.55 Å². The van der Waals surface area contributed by atoms with Gasteiger partial charge in [0.2, 0.25) is 5.91 Å². The van der Waals surface area contributed by atoms with Crippen molar-refractivity contribution in [2.75, 3.05) is 5.32 Å². The summed E-state index contributed by atoms with van der Waals surface area (Å²) in [5, 5.41) is 3.36. The van der Waals surface area contributed by atoms with Gasteiger partial charge in [-0.2, -0.15) is 4.98 Å². The molecular formula is C22H20FN3O2S. The van der Waals surface area contributed by atoms with Crippen LogP contribution in [0.5, 0.6) is 0 Å². The summed E-state index contributed by atoms with van der Waals surface area (Å²) in [4.78, 5) is 29.7. The van der Waals surface area contributed by atoms with Gasteiger partial charge < -0.3 is 9.88 Å². The van der Waals surface area contributed by atoms with Crippen LogP contribution in [0.1, 0.15) is 34.6 Å². The molecule has 0 saturated carbocycles. The Balaban J connectivity index is 1.72. The van der Waals surface area contributed by atoms with Crippen molar-refractivity contribution in [2.45, 2.75) is 30.2 Å². The Hall–Kier alpha value is -2.93. The third-order valence-electron chi connectivity index (χ3n) is 5.15. The molecule has 1 aliphatic rings. The Morgan fingerprint density at radius 1 is 1.17 bits per heavy atom. The fraction of sp³-hybridized carbons (Fsp3) is 0.227. The van der Waals surface area contributed by atoms with Gasteiger partial charge in [0.05, 0.1) is 5.56 Å². The number of rotatable bonds is 4. The smallest absolute Gasteiger partial charge is 0.279 e. The van der Waals surface area contributed by atoms with Crippen molar-refractivity contribution in [2.24, 2.45) is 7.05 Å². The maximum Gasteiger partial charge on any atom is 0.279 e. The number of nitrogens with one attached hydrogen (secondary N) is 1. The molecule has 7 heteroatoms. The van der Waals surface area contributed by atoms with E-state index in [0.717, 1.165) is 16.7 Å². The number of hydrogen-bond acceptors (Lipinski definition) is 4. The molecule has 1 atom stereocenters. The van der Waals surface area contributed by atoms with Crippen molar-refractivity contribution < 1.29 is 9.18 Å². The molecule has 0 aliphatic carbocycles. The van der Waals surface area contributed by atoms with E-state index in [4.69, 9.17) is 0 Å². The molecule has 5 nitrogen and oxygen atoms in total. The average molecular weight is 409 g/mol. The summed E-state index contributed by atoms with van der Waals surface area (Å²) < 4.78 is 14.8. The normalized spacial score (nSPS) is 15.7. The molecule has 2 heterocycles. The third-order valence-corrected chi connectivity index (χ3v) is 6.25. The highest BCUT2D eigenvalue weighted by atomic mass is 32.2. The first-order valence-corrected chi connectivity index (χ1v) is 10.3. The molecule has 2 aromatic carbocycles. The summed E-state index contributed by atoms with van der Waals surface area (Å²) >= 11 is 1.37. The van der Waals surface area contributed by atoms with Gasteiger partial charge in [-0.1, -0.05) is 48.2 Å². The number of thioether (sulfide) groups is 1. The zero-order valence-electron chi connectivity index (χ0n) is 16.1. The zero-order chi connectivity index (χ0) is 20.5. The number of carbonyl (C=O) groups excluding carboxylic acids is 1. The van der Waals surface area contributed by atoms with Crippen LogP contribution in [0.15, 0.2) is 58.5 Å². The van der Waals surface area contributed by atoms with Crippen LogP contribution in [0, 0.1) is 12.7 Å². The number of aryl methyl sites for hydroxylation is 1. The number of hydrogen-bond donors (Lipinski definition) is 1. The van der Waals surface area contributed by atoms with E-state index in [0.29, 0.717) is 22.3 Å². The van der Waals surface area contributed by atoms with Crippen LogP contribution in [0.2, 0.25) is 0 Å². The molecule has 0 saturated heterocycles. The molecular weight excluding hydrogens is 389 g/mol. The minimum absolute atomic E-state index is 0.124. The van der Waals surface area contributed by atoms with Gasteiger partial charge in [0, 0.05) is 25.1 Å². The first-order chi connectivity index (χ1) is 13.9. The predicted octanol–water partition coefficient (Wildman–Crippen LogP) is 3.99. The van der Waals surface area contributed by atoms with E-state index in [1.807, 2.05) is 31.2 Å². The van der Waals surface area contributed by atoms with E-state index < -0.39 is 0 Å². The molecule has 0 spiro atoms. The molecule has 0 fully saturated rings. The minimum atomic E-state index is -0.326. The molecule has 148 valence electrons. The lowest BCUT2D eigenvalue weighted by molar-refractivity contribution is -0.116. The Kier molecular flexibility index (Phi) is 5.24. The largest absolute Gasteiger partial charge is 0.312 e. The van der Waals surface area contributed by atoms with Crippen LogP contribution in [0.4, 0.5) is 10.2 Å². The SMILES string of the molecule is Cc1ccccc1C1CC(=O)Nc2c1c(=O)nc(SCc1ccc(F)cc1)n2C. The number of benzene rings is 2. The molecule has 1 amide bonds. The van der Waals surface area contributed by atoms with Crippen LogP contribution in [-0.4, -0.2) is 15.5 Å². The van der Waals surface area contributed by atoms with Crippen LogP contribution >= 0.6 is 11.8 Å². The Bertz CT molecular complexity index is 1140. The van der Waals surface area contributed by atoms with Crippen LogP contribution < -0.4 is 10.9 Å². The van der Waals surface area contributed by atoms with Crippen LogP contribution in [0.3, 0.4) is 0 Å². The van der Waals surface area contributed by atoms with Crippen LogP contribution in [-0.2, 0) is 17.6 Å². The van der Waals surface area contributed by atoms with E-state index >= 15 is 0 Å². The van der Waals surface area contributed by atoms with E-state index in [1.54, 1.807) is 23.7 Å². The molecule has 1 aliphatic heterocycles. The van der Waals surface area contributed by atoms with Gasteiger partial charge in [-0.3, -0.25) is 9.59 Å². The van der Waals surface area contributed by atoms with E-state index in [-0.39, 0.29) is 29.6 Å². The summed E-state index contributed by atoms with van der Waals surface area (Å²) in [5.74, 6) is 0.303. The van der Waals surface area contributed by atoms with Crippen molar-refractivity contribution in [3.8, 4) is 0 Å². The summed E-state index contributed by atoms with van der Waals surface area (Å²) in [7, 11) is 1.79. The first kappa shape index (κ1) is 19.4. The second-order valence-electron chi connectivity index (χ2n) is 7.10. The fourth-order valence-corrected chi connectivity index (χ4v) is 4.56. The quantitative estimate of drug-likeness (QED) is 0.523. The topological polar surface area (TPSA) is 64.0 Å². The number of carbonyl (C=O) groups is 1. The Labute approximate surface area is 172 Å². The van der Waals surface area contributed by atoms with Crippen LogP contribution in [0.25, 0.3) is 0 Å². The van der Waals surface area contributed by atoms with E-state index in [9.17, 15) is 14.0 Å². The van der Waals surface area contributed by atoms with Gasteiger partial charge in [-0.15, -0.1) is 0 Å². The molecule has 1 unspecified atom stereocenters. The molecule has 4 rings (SSSR count). The van der Waals surface area contributed by atoms with Gasteiger partial charge in [-0.05, 0) is 35.7 Å². The molecule has 3 aromatic rings. The highest BCUT2D eigenvalue weighted by Gasteiger charge is 2.32. The molecule has 0 radical (unpaired) electrons. The van der Waals surface area contributed by atoms with Gasteiger partial charge in [-0.25, -0.2) is 4.39 Å². The standard InChI is InChI=1S/C22H20FN3O2S/c1-13-5-3-4-6-16(13)17-11-18(27)24-20-19(17)21(28)25-22(26(20)2)29-12-14-7-9-15(23)10-8-14/h3-10,17H,11-12H2,1-2H3,(H,24,27). The van der Waals surface area contributed by atoms with Gasteiger partial charge in [0.25, 0.3) is 5.56 Å². The number of nitrogens with zero attached hydrogens (tertiary/aromatic N) is 2. The molecule has 29 heavy (non-hydrogen) atoms. The van der Waals surface area contributed by atoms with Gasteiger partial charge in [0.15, 0.2) is 5.16 Å². The number of halogens is 1. The lowest BCUT2D eigenvalue weighted by Gasteiger charge is -2.28. The number of fused-ring (bicyclic) bond motifs is 1. The minimum Gasteiger partial charge on any atom is -0.312 e. The lowest BCUT2D eigenvalue weighted by Crippen LogP contribution is -2.33. The highest BCUT2D eigenvalue weighted by molar-refractivity contribution is 7.98. The molecule has 1 aromatic heterocycles. The summed E-state index contributed by atoms with van der Waals surface area (Å²) in [6.45, 7) is 1.98. The van der Waals surface area contributed by atoms with E-state index in [1.165, 1.54) is 23.9 Å². The van der Waals surface area contributed by atoms with Crippen molar-refractivity contribution in [3.63, 3.8) is 0 Å². The van der Waals surface area contributed by atoms with Gasteiger partial charge >= 0.3 is 0 Å². The van der Waals surface area contributed by atoms with Crippen molar-refractivity contribution in [3.05, 3.63) is 87.0 Å². The van der Waals surface area contributed by atoms with Crippen molar-refractivity contribution >= 4 is 23.5 Å². The monoisotopic (exact) mass is 409 g/mol. The number of anilines is 1. The zero-order valence-corrected chi connectivity index (χ0v) is 16.9. The Morgan fingerprint density at radius 2 is 1.90 bits per heavy atom. The maximum absolute atomic E-state index is 13.1. The third kappa shape index (κ3) is 3.82. The summed E-state index contributed by atoms with van der Waals surface area (Å²) in [6.07, 6.45) is 0.219. The van der Waals surface area contributed by atoms with Gasteiger partial charge in [0.1, 0.15) is 11.6 Å². The lowest BCUT2D eigenvalue weighted by atomic mass is 9.84. The maximum atomic E-state index is 13.1. The second kappa shape index (κ2) is 7.83. The second-order valence-corrected chi connectivity index (χ2v) is 8.04. The molecule has 0 bridgehead atoms. The predicted molar refractivity (Wildman–Crippen MR) is 112 cm³/mol. The number of aromatic nitrogens is 2. The fourth-order valence-electron chi connectivity index (χ4n) is 3.64. The summed E-state index contributed by atoms with van der Waals surface area (Å²) in [5.41, 5.74) is 3.12.